The highest BCUT2D eigenvalue weighted by molar-refractivity contribution is 5.78. The Balaban J connectivity index is 2.11. The van der Waals surface area contributed by atoms with Gasteiger partial charge in [0.05, 0.1) is 12.6 Å². The summed E-state index contributed by atoms with van der Waals surface area (Å²) < 4.78 is 0. The van der Waals surface area contributed by atoms with E-state index in [1.54, 1.807) is 0 Å². The normalized spacial score (nSPS) is 19.9. The van der Waals surface area contributed by atoms with Crippen LogP contribution < -0.4 is 10.6 Å². The number of aliphatic hydroxyl groups is 1. The first-order valence-electron chi connectivity index (χ1n) is 5.60. The Morgan fingerprint density at radius 2 is 2.20 bits per heavy atom. The van der Waals surface area contributed by atoms with Gasteiger partial charge in [-0.05, 0) is 6.42 Å². The van der Waals surface area contributed by atoms with Gasteiger partial charge in [-0.2, -0.15) is 0 Å². The van der Waals surface area contributed by atoms with Crippen LogP contribution in [0.1, 0.15) is 13.3 Å². The zero-order valence-electron chi connectivity index (χ0n) is 9.33. The Hall–Kier alpha value is -0.650. The first-order valence-corrected chi connectivity index (χ1v) is 5.60. The highest BCUT2D eigenvalue weighted by atomic mass is 16.3. The van der Waals surface area contributed by atoms with E-state index >= 15 is 0 Å². The minimum absolute atomic E-state index is 0.00407. The molecular weight excluding hydrogens is 194 g/mol. The molecule has 5 heteroatoms. The lowest BCUT2D eigenvalue weighted by Crippen LogP contribution is -2.48. The zero-order valence-corrected chi connectivity index (χ0v) is 9.33. The van der Waals surface area contributed by atoms with Gasteiger partial charge in [0.25, 0.3) is 0 Å². The van der Waals surface area contributed by atoms with Gasteiger partial charge >= 0.3 is 0 Å². The van der Waals surface area contributed by atoms with Crippen molar-refractivity contribution in [2.24, 2.45) is 0 Å². The fourth-order valence-corrected chi connectivity index (χ4v) is 1.50. The third-order valence-corrected chi connectivity index (χ3v) is 2.58. The second-order valence-electron chi connectivity index (χ2n) is 3.89. The third kappa shape index (κ3) is 5.11. The summed E-state index contributed by atoms with van der Waals surface area (Å²) in [6, 6.07) is 0. The Morgan fingerprint density at radius 3 is 2.80 bits per heavy atom. The van der Waals surface area contributed by atoms with E-state index in [0.29, 0.717) is 19.5 Å². The van der Waals surface area contributed by atoms with Crippen LogP contribution in [0.25, 0.3) is 0 Å². The van der Waals surface area contributed by atoms with Crippen LogP contribution in [0.4, 0.5) is 0 Å². The van der Waals surface area contributed by atoms with Gasteiger partial charge in [0.1, 0.15) is 0 Å². The monoisotopic (exact) mass is 215 g/mol. The maximum Gasteiger partial charge on any atom is 0.234 e. The van der Waals surface area contributed by atoms with E-state index in [2.05, 4.69) is 15.5 Å². The van der Waals surface area contributed by atoms with Crippen molar-refractivity contribution < 1.29 is 9.90 Å². The number of hydrogen-bond acceptors (Lipinski definition) is 4. The molecule has 1 atom stereocenters. The number of amides is 1. The smallest absolute Gasteiger partial charge is 0.234 e. The molecule has 0 aromatic rings. The van der Waals surface area contributed by atoms with Crippen molar-refractivity contribution in [3.63, 3.8) is 0 Å². The Kier molecular flexibility index (Phi) is 5.60. The minimum atomic E-state index is -0.419. The average molecular weight is 215 g/mol. The van der Waals surface area contributed by atoms with E-state index in [9.17, 15) is 9.90 Å². The Bertz CT molecular complexity index is 193. The lowest BCUT2D eigenvalue weighted by molar-refractivity contribution is -0.122. The van der Waals surface area contributed by atoms with E-state index in [4.69, 9.17) is 0 Å². The molecule has 0 spiro atoms. The largest absolute Gasteiger partial charge is 0.391 e. The summed E-state index contributed by atoms with van der Waals surface area (Å²) in [6.45, 7) is 6.44. The lowest BCUT2D eigenvalue weighted by atomic mass is 10.3. The van der Waals surface area contributed by atoms with Crippen molar-refractivity contribution in [3.8, 4) is 0 Å². The molecule has 0 radical (unpaired) electrons. The molecule has 0 aromatic carbocycles. The van der Waals surface area contributed by atoms with Gasteiger partial charge in [-0.3, -0.25) is 9.69 Å². The van der Waals surface area contributed by atoms with Crippen LogP contribution in [0.3, 0.4) is 0 Å². The molecular formula is C10H21N3O2. The fraction of sp³-hybridized carbons (Fsp3) is 0.900. The molecule has 1 aliphatic rings. The quantitative estimate of drug-likeness (QED) is 0.538. The SMILES string of the molecule is CCC(O)CNC(=O)CN1CCNCC1. The molecule has 15 heavy (non-hydrogen) atoms. The molecule has 88 valence electrons. The lowest BCUT2D eigenvalue weighted by Gasteiger charge is -2.26. The number of aliphatic hydroxyl groups excluding tert-OH is 1. The molecule has 3 N–H and O–H groups in total. The van der Waals surface area contributed by atoms with Crippen LogP contribution in [-0.4, -0.2) is 61.3 Å². The number of nitrogens with one attached hydrogen (secondary N) is 2. The Labute approximate surface area is 90.8 Å². The molecule has 0 bridgehead atoms. The standard InChI is InChI=1S/C10H21N3O2/c1-2-9(14)7-12-10(15)8-13-5-3-11-4-6-13/h9,11,14H,2-8H2,1H3,(H,12,15). The van der Waals surface area contributed by atoms with Crippen LogP contribution in [0.15, 0.2) is 0 Å². The first-order chi connectivity index (χ1) is 7.22. The second-order valence-corrected chi connectivity index (χ2v) is 3.89. The van der Waals surface area contributed by atoms with E-state index in [0.717, 1.165) is 26.2 Å². The molecule has 1 fully saturated rings. The molecule has 0 saturated carbocycles. The maximum absolute atomic E-state index is 11.4. The van der Waals surface area contributed by atoms with Crippen LogP contribution in [0, 0.1) is 0 Å². The summed E-state index contributed by atoms with van der Waals surface area (Å²) in [5.74, 6) is 0.00407. The van der Waals surface area contributed by atoms with E-state index < -0.39 is 6.10 Å². The van der Waals surface area contributed by atoms with Gasteiger partial charge < -0.3 is 15.7 Å². The van der Waals surface area contributed by atoms with Gasteiger partial charge in [0.2, 0.25) is 5.91 Å². The highest BCUT2D eigenvalue weighted by Gasteiger charge is 2.13. The molecule has 1 saturated heterocycles. The van der Waals surface area contributed by atoms with Gasteiger partial charge in [-0.15, -0.1) is 0 Å². The number of carbonyl (C=O) groups is 1. The van der Waals surface area contributed by atoms with Crippen LogP contribution in [0.2, 0.25) is 0 Å². The third-order valence-electron chi connectivity index (χ3n) is 2.58. The van der Waals surface area contributed by atoms with Crippen LogP contribution in [-0.2, 0) is 4.79 Å². The summed E-state index contributed by atoms with van der Waals surface area (Å²) in [5, 5.41) is 15.2. The van der Waals surface area contributed by atoms with Crippen molar-refractivity contribution in [1.82, 2.24) is 15.5 Å². The van der Waals surface area contributed by atoms with Gasteiger partial charge in [-0.25, -0.2) is 0 Å². The minimum Gasteiger partial charge on any atom is -0.391 e. The molecule has 5 nitrogen and oxygen atoms in total. The predicted molar refractivity (Wildman–Crippen MR) is 58.6 cm³/mol. The van der Waals surface area contributed by atoms with Crippen molar-refractivity contribution in [2.75, 3.05) is 39.3 Å². The molecule has 0 aliphatic carbocycles. The Morgan fingerprint density at radius 1 is 1.53 bits per heavy atom. The zero-order chi connectivity index (χ0) is 11.1. The summed E-state index contributed by atoms with van der Waals surface area (Å²) in [6.07, 6.45) is 0.255. The van der Waals surface area contributed by atoms with Crippen molar-refractivity contribution in [1.29, 1.82) is 0 Å². The number of nitrogens with zero attached hydrogens (tertiary/aromatic N) is 1. The fourth-order valence-electron chi connectivity index (χ4n) is 1.50. The first kappa shape index (κ1) is 12.4. The van der Waals surface area contributed by atoms with Gasteiger partial charge in [0, 0.05) is 32.7 Å². The molecule has 1 rings (SSSR count). The van der Waals surface area contributed by atoms with Crippen LogP contribution >= 0.6 is 0 Å². The maximum atomic E-state index is 11.4. The molecule has 1 aliphatic heterocycles. The molecule has 1 amide bonds. The summed E-state index contributed by atoms with van der Waals surface area (Å²) in [5.41, 5.74) is 0. The summed E-state index contributed by atoms with van der Waals surface area (Å²) >= 11 is 0. The van der Waals surface area contributed by atoms with Crippen molar-refractivity contribution in [2.45, 2.75) is 19.4 Å². The topological polar surface area (TPSA) is 64.6 Å². The van der Waals surface area contributed by atoms with Crippen molar-refractivity contribution in [3.05, 3.63) is 0 Å². The van der Waals surface area contributed by atoms with Crippen molar-refractivity contribution >= 4 is 5.91 Å². The van der Waals surface area contributed by atoms with E-state index in [-0.39, 0.29) is 5.91 Å². The van der Waals surface area contributed by atoms with Gasteiger partial charge in [-0.1, -0.05) is 6.92 Å². The predicted octanol–water partition coefficient (Wildman–Crippen LogP) is -1.22. The van der Waals surface area contributed by atoms with E-state index in [1.807, 2.05) is 6.92 Å². The van der Waals surface area contributed by atoms with Crippen LogP contribution in [0.5, 0.6) is 0 Å². The van der Waals surface area contributed by atoms with Gasteiger partial charge in [0.15, 0.2) is 0 Å². The second kappa shape index (κ2) is 6.76. The highest BCUT2D eigenvalue weighted by Crippen LogP contribution is 1.92. The summed E-state index contributed by atoms with van der Waals surface area (Å²) in [7, 11) is 0. The summed E-state index contributed by atoms with van der Waals surface area (Å²) in [4.78, 5) is 13.6. The number of carbonyl (C=O) groups excluding carboxylic acids is 1. The molecule has 1 unspecified atom stereocenters. The number of piperazine rings is 1. The number of hydrogen-bond donors (Lipinski definition) is 3. The molecule has 0 aromatic heterocycles. The van der Waals surface area contributed by atoms with E-state index in [1.165, 1.54) is 0 Å². The molecule has 1 heterocycles. The average Bonchev–Trinajstić information content (AvgIpc) is 2.27. The number of rotatable bonds is 5.